The highest BCUT2D eigenvalue weighted by molar-refractivity contribution is 4.88. The third-order valence-electron chi connectivity index (χ3n) is 5.99. The molecule has 0 aromatic carbocycles. The van der Waals surface area contributed by atoms with Gasteiger partial charge >= 0.3 is 0 Å². The molecule has 2 aliphatic rings. The van der Waals surface area contributed by atoms with Gasteiger partial charge in [-0.2, -0.15) is 0 Å². The Morgan fingerprint density at radius 1 is 0.842 bits per heavy atom. The molecule has 0 saturated heterocycles. The summed E-state index contributed by atoms with van der Waals surface area (Å²) in [5, 5.41) is 3.89. The highest BCUT2D eigenvalue weighted by Crippen LogP contribution is 2.39. The summed E-state index contributed by atoms with van der Waals surface area (Å²) >= 11 is 0. The monoisotopic (exact) mass is 265 g/mol. The topological polar surface area (TPSA) is 12.0 Å². The van der Waals surface area contributed by atoms with Crippen molar-refractivity contribution in [1.82, 2.24) is 5.32 Å². The van der Waals surface area contributed by atoms with Crippen LogP contribution in [0.1, 0.15) is 78.6 Å². The molecule has 0 bridgehead atoms. The second-order valence-electron chi connectivity index (χ2n) is 7.36. The van der Waals surface area contributed by atoms with E-state index in [0.717, 1.165) is 36.3 Å². The van der Waals surface area contributed by atoms with Crippen molar-refractivity contribution in [2.45, 2.75) is 84.6 Å². The SMILES string of the molecule is CCNC(C1CCCCCC1)C1CCC(C)C(C)C1. The van der Waals surface area contributed by atoms with E-state index >= 15 is 0 Å². The van der Waals surface area contributed by atoms with Gasteiger partial charge in [-0.3, -0.25) is 0 Å². The normalized spacial score (nSPS) is 35.8. The van der Waals surface area contributed by atoms with Crippen molar-refractivity contribution < 1.29 is 0 Å². The summed E-state index contributed by atoms with van der Waals surface area (Å²) < 4.78 is 0. The molecule has 112 valence electrons. The minimum absolute atomic E-state index is 0.818. The Kier molecular flexibility index (Phi) is 6.19. The van der Waals surface area contributed by atoms with Crippen molar-refractivity contribution in [3.05, 3.63) is 0 Å². The lowest BCUT2D eigenvalue weighted by Crippen LogP contribution is -2.44. The third kappa shape index (κ3) is 4.21. The van der Waals surface area contributed by atoms with E-state index in [2.05, 4.69) is 26.1 Å². The lowest BCUT2D eigenvalue weighted by Gasteiger charge is -2.40. The summed E-state index contributed by atoms with van der Waals surface area (Å²) in [6, 6.07) is 0.818. The molecule has 4 atom stereocenters. The second-order valence-corrected chi connectivity index (χ2v) is 7.36. The molecule has 2 fully saturated rings. The summed E-state index contributed by atoms with van der Waals surface area (Å²) in [6.45, 7) is 8.38. The van der Waals surface area contributed by atoms with Crippen LogP contribution in [0.2, 0.25) is 0 Å². The molecule has 0 aromatic rings. The van der Waals surface area contributed by atoms with Gasteiger partial charge in [0, 0.05) is 6.04 Å². The van der Waals surface area contributed by atoms with E-state index < -0.39 is 0 Å². The first-order valence-electron chi connectivity index (χ1n) is 8.95. The van der Waals surface area contributed by atoms with Crippen LogP contribution >= 0.6 is 0 Å². The van der Waals surface area contributed by atoms with Gasteiger partial charge in [0.2, 0.25) is 0 Å². The third-order valence-corrected chi connectivity index (χ3v) is 5.99. The molecular weight excluding hydrogens is 230 g/mol. The van der Waals surface area contributed by atoms with Crippen LogP contribution in [0, 0.1) is 23.7 Å². The first kappa shape index (κ1) is 15.4. The smallest absolute Gasteiger partial charge is 0.0124 e. The fourth-order valence-corrected chi connectivity index (χ4v) is 4.54. The highest BCUT2D eigenvalue weighted by atomic mass is 14.9. The van der Waals surface area contributed by atoms with E-state index in [9.17, 15) is 0 Å². The first-order valence-corrected chi connectivity index (χ1v) is 8.95. The molecular formula is C18H35N. The van der Waals surface area contributed by atoms with Crippen LogP contribution in [0.4, 0.5) is 0 Å². The zero-order valence-corrected chi connectivity index (χ0v) is 13.5. The summed E-state index contributed by atoms with van der Waals surface area (Å²) in [7, 11) is 0. The Hall–Kier alpha value is -0.0400. The molecule has 0 aromatic heterocycles. The molecule has 0 radical (unpaired) electrons. The largest absolute Gasteiger partial charge is 0.314 e. The standard InChI is InChI=1S/C18H35N/c1-4-19-18(16-9-7-5-6-8-10-16)17-12-11-14(2)15(3)13-17/h14-19H,4-13H2,1-3H3. The molecule has 1 nitrogen and oxygen atoms in total. The Bertz CT molecular complexity index is 242. The van der Waals surface area contributed by atoms with Gasteiger partial charge in [-0.25, -0.2) is 0 Å². The van der Waals surface area contributed by atoms with Crippen molar-refractivity contribution >= 4 is 0 Å². The van der Waals surface area contributed by atoms with Gasteiger partial charge in [0.05, 0.1) is 0 Å². The average molecular weight is 265 g/mol. The van der Waals surface area contributed by atoms with Gasteiger partial charge in [-0.15, -0.1) is 0 Å². The second kappa shape index (κ2) is 7.67. The van der Waals surface area contributed by atoms with Crippen molar-refractivity contribution in [2.75, 3.05) is 6.54 Å². The zero-order valence-electron chi connectivity index (χ0n) is 13.5. The minimum Gasteiger partial charge on any atom is -0.314 e. The van der Waals surface area contributed by atoms with Gasteiger partial charge in [0.15, 0.2) is 0 Å². The number of rotatable bonds is 4. The summed E-state index contributed by atoms with van der Waals surface area (Å²) in [6.07, 6.45) is 13.3. The van der Waals surface area contributed by atoms with Gasteiger partial charge in [-0.1, -0.05) is 52.9 Å². The Labute approximate surface area is 120 Å². The first-order chi connectivity index (χ1) is 9.22. The van der Waals surface area contributed by atoms with Gasteiger partial charge < -0.3 is 5.32 Å². The molecule has 0 heterocycles. The van der Waals surface area contributed by atoms with Crippen molar-refractivity contribution in [3.8, 4) is 0 Å². The van der Waals surface area contributed by atoms with Crippen LogP contribution in [-0.2, 0) is 0 Å². The Morgan fingerprint density at radius 2 is 1.53 bits per heavy atom. The van der Waals surface area contributed by atoms with Crippen molar-refractivity contribution in [3.63, 3.8) is 0 Å². The fraction of sp³-hybridized carbons (Fsp3) is 1.00. The van der Waals surface area contributed by atoms with Crippen molar-refractivity contribution in [2.24, 2.45) is 23.7 Å². The van der Waals surface area contributed by atoms with Crippen molar-refractivity contribution in [1.29, 1.82) is 0 Å². The highest BCUT2D eigenvalue weighted by Gasteiger charge is 2.33. The maximum atomic E-state index is 3.89. The molecule has 2 rings (SSSR count). The van der Waals surface area contributed by atoms with Crippen LogP contribution in [0.15, 0.2) is 0 Å². The van der Waals surface area contributed by atoms with E-state index in [-0.39, 0.29) is 0 Å². The summed E-state index contributed by atoms with van der Waals surface area (Å²) in [5.74, 6) is 3.81. The Balaban J connectivity index is 1.97. The summed E-state index contributed by atoms with van der Waals surface area (Å²) in [5.41, 5.74) is 0. The van der Waals surface area contributed by atoms with Crippen LogP contribution in [0.3, 0.4) is 0 Å². The maximum Gasteiger partial charge on any atom is 0.0124 e. The number of hydrogen-bond donors (Lipinski definition) is 1. The predicted molar refractivity (Wildman–Crippen MR) is 84.3 cm³/mol. The molecule has 2 aliphatic carbocycles. The summed E-state index contributed by atoms with van der Waals surface area (Å²) in [4.78, 5) is 0. The quantitative estimate of drug-likeness (QED) is 0.705. The number of nitrogens with one attached hydrogen (secondary N) is 1. The lowest BCUT2D eigenvalue weighted by atomic mass is 9.70. The van der Waals surface area contributed by atoms with E-state index in [0.29, 0.717) is 0 Å². The van der Waals surface area contributed by atoms with Crippen LogP contribution in [0.5, 0.6) is 0 Å². The molecule has 0 spiro atoms. The molecule has 19 heavy (non-hydrogen) atoms. The molecule has 1 heteroatoms. The van der Waals surface area contributed by atoms with E-state index in [1.54, 1.807) is 0 Å². The lowest BCUT2D eigenvalue weighted by molar-refractivity contribution is 0.135. The van der Waals surface area contributed by atoms with Gasteiger partial charge in [-0.05, 0) is 55.9 Å². The van der Waals surface area contributed by atoms with Gasteiger partial charge in [0.1, 0.15) is 0 Å². The van der Waals surface area contributed by atoms with Crippen LogP contribution in [0.25, 0.3) is 0 Å². The molecule has 0 amide bonds. The molecule has 0 aliphatic heterocycles. The Morgan fingerprint density at radius 3 is 2.11 bits per heavy atom. The molecule has 1 N–H and O–H groups in total. The molecule has 4 unspecified atom stereocenters. The van der Waals surface area contributed by atoms with Gasteiger partial charge in [0.25, 0.3) is 0 Å². The zero-order chi connectivity index (χ0) is 13.7. The maximum absolute atomic E-state index is 3.89. The fourth-order valence-electron chi connectivity index (χ4n) is 4.54. The van der Waals surface area contributed by atoms with E-state index in [1.807, 2.05) is 0 Å². The number of hydrogen-bond acceptors (Lipinski definition) is 1. The molecule has 2 saturated carbocycles. The van der Waals surface area contributed by atoms with Crippen LogP contribution < -0.4 is 5.32 Å². The average Bonchev–Trinajstić information content (AvgIpc) is 2.68. The predicted octanol–water partition coefficient (Wildman–Crippen LogP) is 5.01. The minimum atomic E-state index is 0.818. The van der Waals surface area contributed by atoms with E-state index in [1.165, 1.54) is 57.8 Å². The van der Waals surface area contributed by atoms with E-state index in [4.69, 9.17) is 0 Å². The van der Waals surface area contributed by atoms with Crippen LogP contribution in [-0.4, -0.2) is 12.6 Å².